The summed E-state index contributed by atoms with van der Waals surface area (Å²) in [6, 6.07) is 5.77. The molecule has 0 spiro atoms. The van der Waals surface area contributed by atoms with Crippen LogP contribution in [0.15, 0.2) is 18.2 Å². The van der Waals surface area contributed by atoms with Crippen molar-refractivity contribution in [3.63, 3.8) is 0 Å². The fourth-order valence-corrected chi connectivity index (χ4v) is 1.63. The van der Waals surface area contributed by atoms with Gasteiger partial charge in [0.15, 0.2) is 5.78 Å². The summed E-state index contributed by atoms with van der Waals surface area (Å²) >= 11 is 0. The average Bonchev–Trinajstić information content (AvgIpc) is 2.16. The molecule has 0 aliphatic carbocycles. The third-order valence-electron chi connectivity index (χ3n) is 2.70. The van der Waals surface area contributed by atoms with Crippen LogP contribution in [0.4, 0.5) is 5.69 Å². The molecule has 16 heavy (non-hydrogen) atoms. The maximum absolute atomic E-state index is 11.9. The van der Waals surface area contributed by atoms with E-state index in [4.69, 9.17) is 5.73 Å². The number of anilines is 1. The Morgan fingerprint density at radius 2 is 1.94 bits per heavy atom. The second kappa shape index (κ2) is 4.69. The van der Waals surface area contributed by atoms with Gasteiger partial charge in [-0.2, -0.15) is 0 Å². The second-order valence-corrected chi connectivity index (χ2v) is 5.23. The third-order valence-corrected chi connectivity index (χ3v) is 2.70. The molecule has 88 valence electrons. The van der Waals surface area contributed by atoms with Crippen molar-refractivity contribution in [2.75, 3.05) is 5.73 Å². The number of carbonyl (C=O) groups is 1. The molecule has 2 nitrogen and oxygen atoms in total. The molecule has 0 aromatic heterocycles. The first-order valence-electron chi connectivity index (χ1n) is 5.79. The second-order valence-electron chi connectivity index (χ2n) is 5.23. The molecular weight excluding hydrogens is 198 g/mol. The van der Waals surface area contributed by atoms with Gasteiger partial charge in [0.1, 0.15) is 0 Å². The number of Topliss-reactive ketones (excluding diaryl/α,β-unsaturated/α-hetero) is 1. The molecule has 0 radical (unpaired) electrons. The zero-order chi connectivity index (χ0) is 12.3. The smallest absolute Gasteiger partial charge is 0.164 e. The predicted molar refractivity (Wildman–Crippen MR) is 68.8 cm³/mol. The summed E-state index contributed by atoms with van der Waals surface area (Å²) in [5, 5.41) is 0. The molecule has 1 aromatic carbocycles. The topological polar surface area (TPSA) is 43.1 Å². The van der Waals surface area contributed by atoms with E-state index in [9.17, 15) is 4.79 Å². The summed E-state index contributed by atoms with van der Waals surface area (Å²) in [4.78, 5) is 11.9. The van der Waals surface area contributed by atoms with Gasteiger partial charge in [0.25, 0.3) is 0 Å². The summed E-state index contributed by atoms with van der Waals surface area (Å²) in [7, 11) is 0. The van der Waals surface area contributed by atoms with Gasteiger partial charge in [-0.3, -0.25) is 4.79 Å². The average molecular weight is 219 g/mol. The highest BCUT2D eigenvalue weighted by atomic mass is 16.1. The molecule has 0 unspecified atom stereocenters. The minimum Gasteiger partial charge on any atom is -0.398 e. The van der Waals surface area contributed by atoms with E-state index in [0.29, 0.717) is 17.7 Å². The monoisotopic (exact) mass is 219 g/mol. The number of benzene rings is 1. The maximum Gasteiger partial charge on any atom is 0.164 e. The summed E-state index contributed by atoms with van der Waals surface area (Å²) in [5.41, 5.74) is 8.31. The van der Waals surface area contributed by atoms with E-state index < -0.39 is 0 Å². The molecule has 1 aromatic rings. The lowest BCUT2D eigenvalue weighted by molar-refractivity contribution is 0.0982. The van der Waals surface area contributed by atoms with Crippen molar-refractivity contribution in [1.82, 2.24) is 0 Å². The molecular formula is C14H21NO. The van der Waals surface area contributed by atoms with Crippen molar-refractivity contribution in [2.45, 2.75) is 46.0 Å². The van der Waals surface area contributed by atoms with Crippen molar-refractivity contribution in [3.8, 4) is 0 Å². The maximum atomic E-state index is 11.9. The van der Waals surface area contributed by atoms with E-state index in [1.165, 1.54) is 0 Å². The van der Waals surface area contributed by atoms with E-state index in [1.807, 2.05) is 25.1 Å². The van der Waals surface area contributed by atoms with Gasteiger partial charge < -0.3 is 5.73 Å². The van der Waals surface area contributed by atoms with Crippen LogP contribution in [-0.4, -0.2) is 5.78 Å². The molecule has 0 amide bonds. The van der Waals surface area contributed by atoms with Gasteiger partial charge in [-0.1, -0.05) is 33.8 Å². The van der Waals surface area contributed by atoms with Gasteiger partial charge in [-0.15, -0.1) is 0 Å². The van der Waals surface area contributed by atoms with Gasteiger partial charge in [-0.05, 0) is 29.5 Å². The van der Waals surface area contributed by atoms with Crippen LogP contribution in [-0.2, 0) is 5.41 Å². The summed E-state index contributed by atoms with van der Waals surface area (Å²) < 4.78 is 0. The van der Waals surface area contributed by atoms with Crippen molar-refractivity contribution < 1.29 is 4.79 Å². The lowest BCUT2D eigenvalue weighted by Gasteiger charge is -2.20. The SMILES string of the molecule is CCCC(=O)c1cc(C(C)(C)C)ccc1N. The zero-order valence-electron chi connectivity index (χ0n) is 10.6. The highest BCUT2D eigenvalue weighted by Crippen LogP contribution is 2.26. The minimum atomic E-state index is 0.0505. The molecule has 0 aliphatic rings. The number of carbonyl (C=O) groups excluding carboxylic acids is 1. The van der Waals surface area contributed by atoms with Gasteiger partial charge in [0, 0.05) is 17.7 Å². The molecule has 0 saturated carbocycles. The van der Waals surface area contributed by atoms with Crippen molar-refractivity contribution >= 4 is 11.5 Å². The Morgan fingerprint density at radius 1 is 1.31 bits per heavy atom. The molecule has 0 saturated heterocycles. The summed E-state index contributed by atoms with van der Waals surface area (Å²) in [6.07, 6.45) is 1.43. The summed E-state index contributed by atoms with van der Waals surface area (Å²) in [5.74, 6) is 0.145. The number of nitrogens with two attached hydrogens (primary N) is 1. The Hall–Kier alpha value is -1.31. The number of rotatable bonds is 3. The zero-order valence-corrected chi connectivity index (χ0v) is 10.6. The molecule has 0 bridgehead atoms. The van der Waals surface area contributed by atoms with Crippen LogP contribution in [0.25, 0.3) is 0 Å². The Morgan fingerprint density at radius 3 is 2.44 bits per heavy atom. The first-order valence-corrected chi connectivity index (χ1v) is 5.79. The number of nitrogen functional groups attached to an aromatic ring is 1. The quantitative estimate of drug-likeness (QED) is 0.624. The lowest BCUT2D eigenvalue weighted by atomic mass is 9.85. The Labute approximate surface area is 97.9 Å². The van der Waals surface area contributed by atoms with Crippen molar-refractivity contribution in [1.29, 1.82) is 0 Å². The van der Waals surface area contributed by atoms with Crippen LogP contribution in [0.5, 0.6) is 0 Å². The third kappa shape index (κ3) is 2.84. The molecule has 2 heteroatoms. The Balaban J connectivity index is 3.14. The van der Waals surface area contributed by atoms with Crippen molar-refractivity contribution in [2.24, 2.45) is 0 Å². The number of hydrogen-bond acceptors (Lipinski definition) is 2. The first-order chi connectivity index (χ1) is 7.36. The lowest BCUT2D eigenvalue weighted by Crippen LogP contribution is -2.13. The van der Waals surface area contributed by atoms with Crippen LogP contribution in [0, 0.1) is 0 Å². The van der Waals surface area contributed by atoms with Gasteiger partial charge in [0.2, 0.25) is 0 Å². The predicted octanol–water partition coefficient (Wildman–Crippen LogP) is 3.55. The summed E-state index contributed by atoms with van der Waals surface area (Å²) in [6.45, 7) is 8.40. The van der Waals surface area contributed by atoms with E-state index in [2.05, 4.69) is 20.8 Å². The normalized spacial score (nSPS) is 11.5. The van der Waals surface area contributed by atoms with Gasteiger partial charge >= 0.3 is 0 Å². The van der Waals surface area contributed by atoms with E-state index in [-0.39, 0.29) is 11.2 Å². The minimum absolute atomic E-state index is 0.0505. The molecule has 2 N–H and O–H groups in total. The fourth-order valence-electron chi connectivity index (χ4n) is 1.63. The number of hydrogen-bond donors (Lipinski definition) is 1. The highest BCUT2D eigenvalue weighted by molar-refractivity contribution is 6.00. The molecule has 0 fully saturated rings. The molecule has 1 rings (SSSR count). The van der Waals surface area contributed by atoms with E-state index in [0.717, 1.165) is 12.0 Å². The van der Waals surface area contributed by atoms with Crippen molar-refractivity contribution in [3.05, 3.63) is 29.3 Å². The van der Waals surface area contributed by atoms with Crippen LogP contribution in [0.1, 0.15) is 56.5 Å². The number of ketones is 1. The highest BCUT2D eigenvalue weighted by Gasteiger charge is 2.17. The molecule has 0 atom stereocenters. The largest absolute Gasteiger partial charge is 0.398 e. The first kappa shape index (κ1) is 12.8. The van der Waals surface area contributed by atoms with Crippen LogP contribution >= 0.6 is 0 Å². The van der Waals surface area contributed by atoms with Crippen LogP contribution < -0.4 is 5.73 Å². The van der Waals surface area contributed by atoms with Crippen LogP contribution in [0.3, 0.4) is 0 Å². The van der Waals surface area contributed by atoms with Crippen LogP contribution in [0.2, 0.25) is 0 Å². The van der Waals surface area contributed by atoms with Gasteiger partial charge in [0.05, 0.1) is 0 Å². The van der Waals surface area contributed by atoms with E-state index >= 15 is 0 Å². The van der Waals surface area contributed by atoms with Gasteiger partial charge in [-0.25, -0.2) is 0 Å². The molecule has 0 aliphatic heterocycles. The Bertz CT molecular complexity index is 388. The standard InChI is InChI=1S/C14H21NO/c1-5-6-13(16)11-9-10(14(2,3)4)7-8-12(11)15/h7-9H,5-6,15H2,1-4H3. The van der Waals surface area contributed by atoms with E-state index in [1.54, 1.807) is 0 Å². The molecule has 0 heterocycles. The Kier molecular flexibility index (Phi) is 3.74. The fraction of sp³-hybridized carbons (Fsp3) is 0.500.